The lowest BCUT2D eigenvalue weighted by molar-refractivity contribution is -0.384. The molecule has 29 heavy (non-hydrogen) atoms. The van der Waals surface area contributed by atoms with Gasteiger partial charge in [0.1, 0.15) is 11.4 Å². The van der Waals surface area contributed by atoms with Gasteiger partial charge in [0.2, 0.25) is 5.91 Å². The molecule has 1 aromatic rings. The first-order chi connectivity index (χ1) is 13.5. The van der Waals surface area contributed by atoms with E-state index in [0.29, 0.717) is 31.9 Å². The second-order valence-corrected chi connectivity index (χ2v) is 7.81. The van der Waals surface area contributed by atoms with Crippen molar-refractivity contribution in [2.75, 3.05) is 38.6 Å². The van der Waals surface area contributed by atoms with E-state index in [1.807, 2.05) is 25.7 Å². The molecule has 1 atom stereocenters. The molecule has 10 heteroatoms. The summed E-state index contributed by atoms with van der Waals surface area (Å²) in [4.78, 5) is 38.9. The summed E-state index contributed by atoms with van der Waals surface area (Å²) >= 11 is 0. The van der Waals surface area contributed by atoms with Crippen molar-refractivity contribution in [2.45, 2.75) is 39.3 Å². The van der Waals surface area contributed by atoms with Crippen LogP contribution in [0, 0.1) is 10.1 Å². The van der Waals surface area contributed by atoms with Gasteiger partial charge in [-0.05, 0) is 33.8 Å². The molecule has 0 aliphatic carbocycles. The van der Waals surface area contributed by atoms with Gasteiger partial charge < -0.3 is 19.7 Å². The first kappa shape index (κ1) is 22.4. The third-order valence-corrected chi connectivity index (χ3v) is 4.54. The molecule has 0 radical (unpaired) electrons. The molecule has 1 saturated heterocycles. The predicted octanol–water partition coefficient (Wildman–Crippen LogP) is 2.48. The minimum atomic E-state index is -0.557. The molecule has 1 fully saturated rings. The maximum absolute atomic E-state index is 12.7. The highest BCUT2D eigenvalue weighted by molar-refractivity contribution is 5.96. The molecule has 0 bridgehead atoms. The fourth-order valence-electron chi connectivity index (χ4n) is 2.93. The molecule has 10 nitrogen and oxygen atoms in total. The number of benzene rings is 1. The zero-order valence-corrected chi connectivity index (χ0v) is 17.4. The number of non-ortho nitro benzene ring substituents is 1. The average Bonchev–Trinajstić information content (AvgIpc) is 2.66. The molecule has 2 amide bonds. The molecule has 1 heterocycles. The fraction of sp³-hybridized carbons (Fsp3) is 0.579. The van der Waals surface area contributed by atoms with Gasteiger partial charge >= 0.3 is 6.09 Å². The quantitative estimate of drug-likeness (QED) is 0.588. The standard InChI is InChI=1S/C19H28N4O6/c1-13(21-8-10-22(11-9-21)18(25)29-19(2,3)4)17(24)20-15-12-14(23(26)27)6-7-16(15)28-5/h6-7,12-13H,8-11H2,1-5H3,(H,20,24). The largest absolute Gasteiger partial charge is 0.495 e. The molecular weight excluding hydrogens is 380 g/mol. The third kappa shape index (κ3) is 6.05. The van der Waals surface area contributed by atoms with Gasteiger partial charge in [0.15, 0.2) is 0 Å². The van der Waals surface area contributed by atoms with Crippen molar-refractivity contribution in [3.05, 3.63) is 28.3 Å². The molecule has 1 aliphatic heterocycles. The van der Waals surface area contributed by atoms with Crippen molar-refractivity contribution < 1.29 is 24.0 Å². The molecule has 0 saturated carbocycles. The van der Waals surface area contributed by atoms with Crippen LogP contribution in [0.25, 0.3) is 0 Å². The Hall–Kier alpha value is -2.88. The number of nitro groups is 1. The van der Waals surface area contributed by atoms with Crippen molar-refractivity contribution in [1.29, 1.82) is 0 Å². The number of methoxy groups -OCH3 is 1. The number of hydrogen-bond donors (Lipinski definition) is 1. The van der Waals surface area contributed by atoms with E-state index in [-0.39, 0.29) is 23.4 Å². The van der Waals surface area contributed by atoms with Crippen LogP contribution in [0.15, 0.2) is 18.2 Å². The zero-order chi connectivity index (χ0) is 21.8. The molecule has 2 rings (SSSR count). The van der Waals surface area contributed by atoms with Crippen molar-refractivity contribution in [3.63, 3.8) is 0 Å². The van der Waals surface area contributed by atoms with Crippen LogP contribution in [0.1, 0.15) is 27.7 Å². The van der Waals surface area contributed by atoms with Gasteiger partial charge in [0, 0.05) is 38.3 Å². The number of nitrogens with one attached hydrogen (secondary N) is 1. The Morgan fingerprint density at radius 3 is 2.34 bits per heavy atom. The summed E-state index contributed by atoms with van der Waals surface area (Å²) in [7, 11) is 1.43. The van der Waals surface area contributed by atoms with E-state index in [1.54, 1.807) is 11.8 Å². The van der Waals surface area contributed by atoms with E-state index in [0.717, 1.165) is 0 Å². The van der Waals surface area contributed by atoms with Crippen LogP contribution < -0.4 is 10.1 Å². The number of amides is 2. The number of carbonyl (C=O) groups excluding carboxylic acids is 2. The van der Waals surface area contributed by atoms with Crippen molar-refractivity contribution in [3.8, 4) is 5.75 Å². The van der Waals surface area contributed by atoms with E-state index < -0.39 is 16.6 Å². The Labute approximate surface area is 169 Å². The maximum Gasteiger partial charge on any atom is 0.410 e. The Morgan fingerprint density at radius 2 is 1.83 bits per heavy atom. The Kier molecular flexibility index (Phi) is 7.02. The monoisotopic (exact) mass is 408 g/mol. The Morgan fingerprint density at radius 1 is 1.21 bits per heavy atom. The molecule has 0 spiro atoms. The number of nitrogens with zero attached hydrogens (tertiary/aromatic N) is 3. The van der Waals surface area contributed by atoms with Gasteiger partial charge in [0.25, 0.3) is 5.69 Å². The number of carbonyl (C=O) groups is 2. The first-order valence-electron chi connectivity index (χ1n) is 9.37. The van der Waals surface area contributed by atoms with Crippen LogP contribution in [0.3, 0.4) is 0 Å². The fourth-order valence-corrected chi connectivity index (χ4v) is 2.93. The molecule has 1 aromatic carbocycles. The summed E-state index contributed by atoms with van der Waals surface area (Å²) in [6.07, 6.45) is -0.365. The second kappa shape index (κ2) is 9.08. The summed E-state index contributed by atoms with van der Waals surface area (Å²) < 4.78 is 10.6. The number of ether oxygens (including phenoxy) is 2. The van der Waals surface area contributed by atoms with Crippen molar-refractivity contribution >= 4 is 23.4 Å². The Balaban J connectivity index is 1.97. The van der Waals surface area contributed by atoms with Crippen LogP contribution in [0.4, 0.5) is 16.2 Å². The smallest absolute Gasteiger partial charge is 0.410 e. The average molecular weight is 408 g/mol. The maximum atomic E-state index is 12.7. The third-order valence-electron chi connectivity index (χ3n) is 4.54. The van der Waals surface area contributed by atoms with Crippen LogP contribution in [0.2, 0.25) is 0 Å². The topological polar surface area (TPSA) is 114 Å². The molecule has 0 aromatic heterocycles. The van der Waals surface area contributed by atoms with E-state index >= 15 is 0 Å². The van der Waals surface area contributed by atoms with Crippen LogP contribution in [-0.4, -0.2) is 71.7 Å². The second-order valence-electron chi connectivity index (χ2n) is 7.81. The van der Waals surface area contributed by atoms with Gasteiger partial charge in [0.05, 0.1) is 23.8 Å². The molecule has 1 N–H and O–H groups in total. The molecule has 160 valence electrons. The lowest BCUT2D eigenvalue weighted by atomic mass is 10.2. The van der Waals surface area contributed by atoms with E-state index in [4.69, 9.17) is 9.47 Å². The molecule has 1 unspecified atom stereocenters. The predicted molar refractivity (Wildman–Crippen MR) is 107 cm³/mol. The van der Waals surface area contributed by atoms with Gasteiger partial charge in [-0.25, -0.2) is 4.79 Å². The summed E-state index contributed by atoms with van der Waals surface area (Å²) in [5, 5.41) is 13.7. The van der Waals surface area contributed by atoms with Gasteiger partial charge in [-0.15, -0.1) is 0 Å². The SMILES string of the molecule is COc1ccc([N+](=O)[O-])cc1NC(=O)C(C)N1CCN(C(=O)OC(C)(C)C)CC1. The number of nitro benzene ring substituents is 1. The highest BCUT2D eigenvalue weighted by atomic mass is 16.6. The van der Waals surface area contributed by atoms with Crippen molar-refractivity contribution in [2.24, 2.45) is 0 Å². The molecule has 1 aliphatic rings. The number of hydrogen-bond acceptors (Lipinski definition) is 7. The van der Waals surface area contributed by atoms with Gasteiger partial charge in [-0.3, -0.25) is 19.8 Å². The van der Waals surface area contributed by atoms with Gasteiger partial charge in [-0.2, -0.15) is 0 Å². The normalized spacial score (nSPS) is 16.1. The summed E-state index contributed by atoms with van der Waals surface area (Å²) in [5.74, 6) is 0.0282. The summed E-state index contributed by atoms with van der Waals surface area (Å²) in [5.41, 5.74) is -0.454. The number of anilines is 1. The first-order valence-corrected chi connectivity index (χ1v) is 9.37. The minimum Gasteiger partial charge on any atom is -0.495 e. The van der Waals surface area contributed by atoms with Crippen LogP contribution in [0.5, 0.6) is 5.75 Å². The van der Waals surface area contributed by atoms with E-state index in [1.165, 1.54) is 25.3 Å². The highest BCUT2D eigenvalue weighted by Gasteiger charge is 2.30. The number of rotatable bonds is 5. The van der Waals surface area contributed by atoms with Crippen molar-refractivity contribution in [1.82, 2.24) is 9.80 Å². The molecular formula is C19H28N4O6. The Bertz CT molecular complexity index is 768. The van der Waals surface area contributed by atoms with E-state index in [2.05, 4.69) is 5.32 Å². The zero-order valence-electron chi connectivity index (χ0n) is 17.4. The number of piperazine rings is 1. The minimum absolute atomic E-state index is 0.139. The lowest BCUT2D eigenvalue weighted by Gasteiger charge is -2.37. The highest BCUT2D eigenvalue weighted by Crippen LogP contribution is 2.29. The van der Waals surface area contributed by atoms with E-state index in [9.17, 15) is 19.7 Å². The van der Waals surface area contributed by atoms with Crippen LogP contribution >= 0.6 is 0 Å². The lowest BCUT2D eigenvalue weighted by Crippen LogP contribution is -2.54. The summed E-state index contributed by atoms with van der Waals surface area (Å²) in [6, 6.07) is 3.54. The van der Waals surface area contributed by atoms with Crippen LogP contribution in [-0.2, 0) is 9.53 Å². The summed E-state index contributed by atoms with van der Waals surface area (Å²) in [6.45, 7) is 9.13. The van der Waals surface area contributed by atoms with Gasteiger partial charge in [-0.1, -0.05) is 0 Å².